The maximum absolute atomic E-state index is 13.4. The number of aliphatic imine (C=N–C) groups is 1. The number of nitrogens with two attached hydrogens (primary N) is 1. The number of anilines is 1. The summed E-state index contributed by atoms with van der Waals surface area (Å²) in [6.45, 7) is 2.06. The predicted octanol–water partition coefficient (Wildman–Crippen LogP) is 4.07. The van der Waals surface area contributed by atoms with E-state index in [-0.39, 0.29) is 42.0 Å². The zero-order valence-electron chi connectivity index (χ0n) is 12.1. The van der Waals surface area contributed by atoms with Crippen molar-refractivity contribution in [3.63, 3.8) is 0 Å². The summed E-state index contributed by atoms with van der Waals surface area (Å²) in [5.41, 5.74) is 7.92. The molecule has 0 aromatic heterocycles. The van der Waals surface area contributed by atoms with Gasteiger partial charge >= 0.3 is 0 Å². The number of aryl methyl sites for hydroxylation is 1. The molecule has 0 aliphatic rings. The SMILES string of the molecule is CCc1ccc(NC(N)=NCc2cc(F)ccc2F)cc1.I. The van der Waals surface area contributed by atoms with Gasteiger partial charge in [-0.2, -0.15) is 0 Å². The van der Waals surface area contributed by atoms with E-state index < -0.39 is 11.6 Å². The number of hydrogen-bond acceptors (Lipinski definition) is 1. The van der Waals surface area contributed by atoms with Gasteiger partial charge in [0.05, 0.1) is 6.54 Å². The van der Waals surface area contributed by atoms with Crippen LogP contribution in [-0.4, -0.2) is 5.96 Å². The lowest BCUT2D eigenvalue weighted by molar-refractivity contribution is 0.586. The van der Waals surface area contributed by atoms with E-state index in [4.69, 9.17) is 5.73 Å². The van der Waals surface area contributed by atoms with E-state index in [9.17, 15) is 8.78 Å². The fourth-order valence-electron chi connectivity index (χ4n) is 1.85. The van der Waals surface area contributed by atoms with Crippen LogP contribution in [0.25, 0.3) is 0 Å². The monoisotopic (exact) mass is 417 g/mol. The summed E-state index contributed by atoms with van der Waals surface area (Å²) < 4.78 is 26.5. The highest BCUT2D eigenvalue weighted by Crippen LogP contribution is 2.12. The number of nitrogens with zero attached hydrogens (tertiary/aromatic N) is 1. The molecule has 0 aliphatic heterocycles. The molecule has 0 spiro atoms. The van der Waals surface area contributed by atoms with Crippen molar-refractivity contribution in [1.29, 1.82) is 0 Å². The molecular formula is C16H18F2IN3. The second-order valence-electron chi connectivity index (χ2n) is 4.61. The smallest absolute Gasteiger partial charge is 0.193 e. The van der Waals surface area contributed by atoms with Crippen LogP contribution in [0.4, 0.5) is 14.5 Å². The largest absolute Gasteiger partial charge is 0.370 e. The highest BCUT2D eigenvalue weighted by Gasteiger charge is 2.03. The maximum atomic E-state index is 13.4. The molecule has 0 saturated heterocycles. The van der Waals surface area contributed by atoms with Gasteiger partial charge in [-0.05, 0) is 42.3 Å². The average Bonchev–Trinajstić information content (AvgIpc) is 2.49. The Balaban J connectivity index is 0.00000242. The summed E-state index contributed by atoms with van der Waals surface area (Å²) in [7, 11) is 0. The van der Waals surface area contributed by atoms with Gasteiger partial charge in [0.1, 0.15) is 11.6 Å². The molecule has 3 nitrogen and oxygen atoms in total. The first-order valence-electron chi connectivity index (χ1n) is 6.68. The minimum absolute atomic E-state index is 0. The third-order valence-corrected chi connectivity index (χ3v) is 3.06. The second kappa shape index (κ2) is 8.67. The first-order valence-corrected chi connectivity index (χ1v) is 6.68. The first kappa shape index (κ1) is 18.3. The van der Waals surface area contributed by atoms with Crippen LogP contribution in [0.3, 0.4) is 0 Å². The summed E-state index contributed by atoms with van der Waals surface area (Å²) in [5, 5.41) is 2.91. The predicted molar refractivity (Wildman–Crippen MR) is 96.5 cm³/mol. The molecule has 0 saturated carbocycles. The van der Waals surface area contributed by atoms with Crippen LogP contribution in [0.15, 0.2) is 47.5 Å². The Morgan fingerprint density at radius 3 is 2.45 bits per heavy atom. The van der Waals surface area contributed by atoms with Crippen molar-refractivity contribution in [1.82, 2.24) is 0 Å². The van der Waals surface area contributed by atoms with Gasteiger partial charge in [0, 0.05) is 11.3 Å². The lowest BCUT2D eigenvalue weighted by Gasteiger charge is -2.07. The van der Waals surface area contributed by atoms with Gasteiger partial charge in [0.2, 0.25) is 0 Å². The van der Waals surface area contributed by atoms with Crippen LogP contribution < -0.4 is 11.1 Å². The van der Waals surface area contributed by atoms with Gasteiger partial charge in [-0.1, -0.05) is 19.1 Å². The van der Waals surface area contributed by atoms with Crippen molar-refractivity contribution in [3.05, 3.63) is 65.2 Å². The molecule has 0 atom stereocenters. The molecule has 0 heterocycles. The molecule has 2 aromatic carbocycles. The van der Waals surface area contributed by atoms with Gasteiger partial charge in [-0.15, -0.1) is 24.0 Å². The molecule has 0 fully saturated rings. The van der Waals surface area contributed by atoms with Crippen LogP contribution in [0, 0.1) is 11.6 Å². The summed E-state index contributed by atoms with van der Waals surface area (Å²) in [6, 6.07) is 11.0. The number of rotatable bonds is 4. The van der Waals surface area contributed by atoms with Gasteiger partial charge in [-0.3, -0.25) is 0 Å². The molecule has 0 bridgehead atoms. The van der Waals surface area contributed by atoms with E-state index in [0.717, 1.165) is 30.3 Å². The Hall–Kier alpha value is -1.70. The Morgan fingerprint density at radius 2 is 1.82 bits per heavy atom. The Morgan fingerprint density at radius 1 is 1.14 bits per heavy atom. The van der Waals surface area contributed by atoms with Crippen LogP contribution in [0.2, 0.25) is 0 Å². The number of hydrogen-bond donors (Lipinski definition) is 2. The minimum atomic E-state index is -0.500. The average molecular weight is 417 g/mol. The van der Waals surface area contributed by atoms with E-state index in [1.165, 1.54) is 5.56 Å². The molecule has 2 aromatic rings. The number of nitrogens with one attached hydrogen (secondary N) is 1. The number of guanidine groups is 1. The van der Waals surface area contributed by atoms with E-state index in [0.29, 0.717) is 0 Å². The van der Waals surface area contributed by atoms with Crippen molar-refractivity contribution in [3.8, 4) is 0 Å². The van der Waals surface area contributed by atoms with Gasteiger partial charge < -0.3 is 11.1 Å². The van der Waals surface area contributed by atoms with Crippen molar-refractivity contribution >= 4 is 35.6 Å². The van der Waals surface area contributed by atoms with E-state index in [1.54, 1.807) is 0 Å². The number of benzene rings is 2. The second-order valence-corrected chi connectivity index (χ2v) is 4.61. The summed E-state index contributed by atoms with van der Waals surface area (Å²) in [5.74, 6) is -0.841. The Labute approximate surface area is 145 Å². The van der Waals surface area contributed by atoms with Gasteiger partial charge in [0.25, 0.3) is 0 Å². The quantitative estimate of drug-likeness (QED) is 0.448. The van der Waals surface area contributed by atoms with Crippen molar-refractivity contribution < 1.29 is 8.78 Å². The standard InChI is InChI=1S/C16H17F2N3.HI/c1-2-11-3-6-14(7-4-11)21-16(19)20-10-12-9-13(17)5-8-15(12)18;/h3-9H,2,10H2,1H3,(H3,19,20,21);1H. The van der Waals surface area contributed by atoms with Gasteiger partial charge in [-0.25, -0.2) is 13.8 Å². The molecular weight excluding hydrogens is 399 g/mol. The number of halogens is 3. The van der Waals surface area contributed by atoms with Crippen molar-refractivity contribution in [2.45, 2.75) is 19.9 Å². The van der Waals surface area contributed by atoms with Crippen LogP contribution in [0.1, 0.15) is 18.1 Å². The Bertz CT molecular complexity index is 642. The van der Waals surface area contributed by atoms with E-state index in [2.05, 4.69) is 17.2 Å². The highest BCUT2D eigenvalue weighted by molar-refractivity contribution is 14.0. The third-order valence-electron chi connectivity index (χ3n) is 3.06. The maximum Gasteiger partial charge on any atom is 0.193 e. The Kier molecular flexibility index (Phi) is 7.23. The van der Waals surface area contributed by atoms with E-state index >= 15 is 0 Å². The topological polar surface area (TPSA) is 50.4 Å². The molecule has 6 heteroatoms. The molecule has 0 aliphatic carbocycles. The molecule has 0 unspecified atom stereocenters. The minimum Gasteiger partial charge on any atom is -0.370 e. The highest BCUT2D eigenvalue weighted by atomic mass is 127. The van der Waals surface area contributed by atoms with Crippen LogP contribution >= 0.6 is 24.0 Å². The molecule has 0 amide bonds. The molecule has 2 rings (SSSR count). The van der Waals surface area contributed by atoms with Crippen LogP contribution in [-0.2, 0) is 13.0 Å². The van der Waals surface area contributed by atoms with Crippen molar-refractivity contribution in [2.75, 3.05) is 5.32 Å². The van der Waals surface area contributed by atoms with Gasteiger partial charge in [0.15, 0.2) is 5.96 Å². The van der Waals surface area contributed by atoms with Crippen molar-refractivity contribution in [2.24, 2.45) is 10.7 Å². The molecule has 22 heavy (non-hydrogen) atoms. The normalized spacial score (nSPS) is 11.0. The van der Waals surface area contributed by atoms with Crippen LogP contribution in [0.5, 0.6) is 0 Å². The zero-order valence-corrected chi connectivity index (χ0v) is 14.5. The summed E-state index contributed by atoms with van der Waals surface area (Å²) >= 11 is 0. The van der Waals surface area contributed by atoms with E-state index in [1.807, 2.05) is 24.3 Å². The fourth-order valence-corrected chi connectivity index (χ4v) is 1.85. The molecule has 0 radical (unpaired) electrons. The first-order chi connectivity index (χ1) is 10.1. The fraction of sp³-hybridized carbons (Fsp3) is 0.188. The summed E-state index contributed by atoms with van der Waals surface area (Å²) in [4.78, 5) is 4.01. The molecule has 3 N–H and O–H groups in total. The zero-order chi connectivity index (χ0) is 15.2. The third kappa shape index (κ3) is 5.25. The lowest BCUT2D eigenvalue weighted by atomic mass is 10.1. The lowest BCUT2D eigenvalue weighted by Crippen LogP contribution is -2.22. The molecule has 118 valence electrons. The summed E-state index contributed by atoms with van der Waals surface area (Å²) in [6.07, 6.45) is 0.961.